The SMILES string of the molecule is CCOC(=O)c1c(C)[nH]c(C(=O)COC(=O)/C(C#N)=C/c2ccc(N(C)C)cc2)c1C. The summed E-state index contributed by atoms with van der Waals surface area (Å²) in [5, 5.41) is 9.31. The molecule has 0 spiro atoms. The van der Waals surface area contributed by atoms with Crippen molar-refractivity contribution in [3.63, 3.8) is 0 Å². The lowest BCUT2D eigenvalue weighted by Gasteiger charge is -2.11. The Morgan fingerprint density at radius 2 is 1.77 bits per heavy atom. The second-order valence-corrected chi connectivity index (χ2v) is 7.00. The number of carbonyl (C=O) groups excluding carboxylic acids is 3. The van der Waals surface area contributed by atoms with Crippen LogP contribution < -0.4 is 4.90 Å². The van der Waals surface area contributed by atoms with Crippen LogP contribution in [0.3, 0.4) is 0 Å². The number of nitrogens with one attached hydrogen (secondary N) is 1. The minimum Gasteiger partial charge on any atom is -0.462 e. The predicted molar refractivity (Wildman–Crippen MR) is 116 cm³/mol. The number of Topliss-reactive ketones (excluding diaryl/α,β-unsaturated/α-hetero) is 1. The van der Waals surface area contributed by atoms with Gasteiger partial charge >= 0.3 is 11.9 Å². The van der Waals surface area contributed by atoms with Gasteiger partial charge in [0.05, 0.1) is 17.9 Å². The molecular weight excluding hydrogens is 398 g/mol. The standard InChI is InChI=1S/C23H25N3O5/c1-6-30-23(29)20-14(2)21(25-15(20)3)19(27)13-31-22(28)17(12-24)11-16-7-9-18(10-8-16)26(4)5/h7-11,25H,6,13H2,1-5H3/b17-11+. The fourth-order valence-corrected chi connectivity index (χ4v) is 2.99. The first-order valence-corrected chi connectivity index (χ1v) is 9.65. The number of carbonyl (C=O) groups is 3. The summed E-state index contributed by atoms with van der Waals surface area (Å²) >= 11 is 0. The average molecular weight is 423 g/mol. The van der Waals surface area contributed by atoms with Gasteiger partial charge in [-0.3, -0.25) is 4.79 Å². The first-order valence-electron chi connectivity index (χ1n) is 9.65. The van der Waals surface area contributed by atoms with E-state index in [4.69, 9.17) is 9.47 Å². The molecule has 0 amide bonds. The van der Waals surface area contributed by atoms with E-state index in [1.54, 1.807) is 39.0 Å². The van der Waals surface area contributed by atoms with Gasteiger partial charge in [-0.25, -0.2) is 9.59 Å². The first-order chi connectivity index (χ1) is 14.7. The molecule has 2 aromatic rings. The minimum atomic E-state index is -0.904. The topological polar surface area (TPSA) is 112 Å². The van der Waals surface area contributed by atoms with Crippen molar-refractivity contribution in [1.82, 2.24) is 4.98 Å². The third kappa shape index (κ3) is 5.60. The summed E-state index contributed by atoms with van der Waals surface area (Å²) in [7, 11) is 3.81. The molecule has 1 aromatic heterocycles. The minimum absolute atomic E-state index is 0.162. The molecule has 8 heteroatoms. The Morgan fingerprint density at radius 3 is 2.32 bits per heavy atom. The smallest absolute Gasteiger partial charge is 0.349 e. The van der Waals surface area contributed by atoms with Crippen LogP contribution >= 0.6 is 0 Å². The summed E-state index contributed by atoms with van der Waals surface area (Å²) in [4.78, 5) is 41.6. The zero-order chi connectivity index (χ0) is 23.1. The van der Waals surface area contributed by atoms with E-state index in [0.29, 0.717) is 16.8 Å². The molecule has 2 rings (SSSR count). The third-order valence-corrected chi connectivity index (χ3v) is 4.59. The van der Waals surface area contributed by atoms with Gasteiger partial charge in [0.25, 0.3) is 0 Å². The van der Waals surface area contributed by atoms with E-state index < -0.39 is 24.3 Å². The van der Waals surface area contributed by atoms with Crippen LogP contribution in [0.5, 0.6) is 0 Å². The number of hydrogen-bond acceptors (Lipinski definition) is 7. The summed E-state index contributed by atoms with van der Waals surface area (Å²) in [5.74, 6) is -1.95. The lowest BCUT2D eigenvalue weighted by Crippen LogP contribution is -2.16. The Labute approximate surface area is 181 Å². The number of ketones is 1. The maximum atomic E-state index is 12.5. The fourth-order valence-electron chi connectivity index (χ4n) is 2.99. The van der Waals surface area contributed by atoms with Gasteiger partial charge in [0.15, 0.2) is 6.61 Å². The summed E-state index contributed by atoms with van der Waals surface area (Å²) in [5.41, 5.74) is 2.77. The van der Waals surface area contributed by atoms with E-state index in [0.717, 1.165) is 5.69 Å². The molecule has 0 bridgehead atoms. The number of esters is 2. The van der Waals surface area contributed by atoms with Crippen molar-refractivity contribution in [2.45, 2.75) is 20.8 Å². The van der Waals surface area contributed by atoms with Gasteiger partial charge in [-0.1, -0.05) is 12.1 Å². The number of benzene rings is 1. The van der Waals surface area contributed by atoms with Crippen molar-refractivity contribution in [1.29, 1.82) is 5.26 Å². The van der Waals surface area contributed by atoms with E-state index in [9.17, 15) is 19.6 Å². The Hall–Kier alpha value is -3.86. The molecule has 0 unspecified atom stereocenters. The molecule has 0 aliphatic heterocycles. The Kier molecular flexibility index (Phi) is 7.75. The highest BCUT2D eigenvalue weighted by atomic mass is 16.5. The second-order valence-electron chi connectivity index (χ2n) is 7.00. The van der Waals surface area contributed by atoms with Gasteiger partial charge in [0.1, 0.15) is 11.6 Å². The van der Waals surface area contributed by atoms with Crippen molar-refractivity contribution >= 4 is 29.5 Å². The van der Waals surface area contributed by atoms with Crippen LogP contribution in [0.1, 0.15) is 44.6 Å². The van der Waals surface area contributed by atoms with Crippen LogP contribution in [-0.4, -0.2) is 50.0 Å². The Morgan fingerprint density at radius 1 is 1.13 bits per heavy atom. The monoisotopic (exact) mass is 423 g/mol. The molecule has 0 atom stereocenters. The molecule has 0 aliphatic rings. The van der Waals surface area contributed by atoms with Crippen LogP contribution in [0.25, 0.3) is 6.08 Å². The molecule has 1 heterocycles. The fraction of sp³-hybridized carbons (Fsp3) is 0.304. The number of nitrogens with zero attached hydrogens (tertiary/aromatic N) is 2. The lowest BCUT2D eigenvalue weighted by atomic mass is 10.1. The lowest BCUT2D eigenvalue weighted by molar-refractivity contribution is -0.137. The predicted octanol–water partition coefficient (Wildman–Crippen LogP) is 3.21. The van der Waals surface area contributed by atoms with Gasteiger partial charge in [-0.2, -0.15) is 5.26 Å². The zero-order valence-corrected chi connectivity index (χ0v) is 18.2. The van der Waals surface area contributed by atoms with Crippen molar-refractivity contribution in [3.8, 4) is 6.07 Å². The molecule has 0 saturated heterocycles. The maximum absolute atomic E-state index is 12.5. The Bertz CT molecular complexity index is 1060. The quantitative estimate of drug-likeness (QED) is 0.300. The summed E-state index contributed by atoms with van der Waals surface area (Å²) < 4.78 is 10.0. The van der Waals surface area contributed by atoms with E-state index in [1.165, 1.54) is 6.08 Å². The molecule has 1 N–H and O–H groups in total. The molecule has 162 valence electrons. The number of rotatable bonds is 8. The highest BCUT2D eigenvalue weighted by Crippen LogP contribution is 2.20. The Balaban J connectivity index is 2.10. The van der Waals surface area contributed by atoms with Crippen LogP contribution in [-0.2, 0) is 14.3 Å². The van der Waals surface area contributed by atoms with Crippen molar-refractivity contribution in [2.24, 2.45) is 0 Å². The molecule has 0 radical (unpaired) electrons. The van der Waals surface area contributed by atoms with E-state index >= 15 is 0 Å². The van der Waals surface area contributed by atoms with Crippen molar-refractivity contribution < 1.29 is 23.9 Å². The summed E-state index contributed by atoms with van der Waals surface area (Å²) in [6.07, 6.45) is 1.40. The highest BCUT2D eigenvalue weighted by Gasteiger charge is 2.24. The first kappa shape index (κ1) is 23.4. The number of aromatic nitrogens is 1. The molecule has 0 fully saturated rings. The van der Waals surface area contributed by atoms with Crippen molar-refractivity contribution in [2.75, 3.05) is 32.2 Å². The number of anilines is 1. The molecule has 8 nitrogen and oxygen atoms in total. The summed E-state index contributed by atoms with van der Waals surface area (Å²) in [6.45, 7) is 4.60. The van der Waals surface area contributed by atoms with Crippen LogP contribution in [0.2, 0.25) is 0 Å². The van der Waals surface area contributed by atoms with Crippen LogP contribution in [0.4, 0.5) is 5.69 Å². The number of nitriles is 1. The number of aryl methyl sites for hydroxylation is 1. The van der Waals surface area contributed by atoms with Gasteiger partial charge in [-0.05, 0) is 50.1 Å². The molecule has 0 saturated carbocycles. The van der Waals surface area contributed by atoms with E-state index in [2.05, 4.69) is 4.98 Å². The van der Waals surface area contributed by atoms with E-state index in [1.807, 2.05) is 31.1 Å². The van der Waals surface area contributed by atoms with Gasteiger partial charge < -0.3 is 19.4 Å². The normalized spacial score (nSPS) is 10.9. The van der Waals surface area contributed by atoms with Gasteiger partial charge in [0.2, 0.25) is 5.78 Å². The largest absolute Gasteiger partial charge is 0.462 e. The molecule has 1 aromatic carbocycles. The van der Waals surface area contributed by atoms with E-state index in [-0.39, 0.29) is 23.4 Å². The van der Waals surface area contributed by atoms with Crippen LogP contribution in [0.15, 0.2) is 29.8 Å². The third-order valence-electron chi connectivity index (χ3n) is 4.59. The molecular formula is C23H25N3O5. The zero-order valence-electron chi connectivity index (χ0n) is 18.2. The summed E-state index contributed by atoms with van der Waals surface area (Å²) in [6, 6.07) is 9.05. The second kappa shape index (κ2) is 10.3. The number of H-pyrrole nitrogens is 1. The van der Waals surface area contributed by atoms with Crippen LogP contribution in [0, 0.1) is 25.2 Å². The van der Waals surface area contributed by atoms with Crippen molar-refractivity contribution in [3.05, 3.63) is 57.9 Å². The average Bonchev–Trinajstić information content (AvgIpc) is 3.04. The van der Waals surface area contributed by atoms with Gasteiger partial charge in [-0.15, -0.1) is 0 Å². The number of hydrogen-bond donors (Lipinski definition) is 1. The maximum Gasteiger partial charge on any atom is 0.349 e. The van der Waals surface area contributed by atoms with Gasteiger partial charge in [0, 0.05) is 25.5 Å². The number of ether oxygens (including phenoxy) is 2. The number of aromatic amines is 1. The molecule has 0 aliphatic carbocycles. The highest BCUT2D eigenvalue weighted by molar-refractivity contribution is 6.04. The molecule has 31 heavy (non-hydrogen) atoms.